The third-order valence-corrected chi connectivity index (χ3v) is 4.15. The van der Waals surface area contributed by atoms with Gasteiger partial charge in [0.25, 0.3) is 0 Å². The van der Waals surface area contributed by atoms with Crippen molar-refractivity contribution < 1.29 is 9.50 Å². The largest absolute Gasteiger partial charge is 0.383 e. The molecule has 0 saturated heterocycles. The second-order valence-corrected chi connectivity index (χ2v) is 6.00. The van der Waals surface area contributed by atoms with E-state index in [4.69, 9.17) is 0 Å². The van der Waals surface area contributed by atoms with E-state index < -0.39 is 11.4 Å². The first-order valence-electron chi connectivity index (χ1n) is 6.23. The predicted molar refractivity (Wildman–Crippen MR) is 77.1 cm³/mol. The summed E-state index contributed by atoms with van der Waals surface area (Å²) < 4.78 is 14.0. The van der Waals surface area contributed by atoms with E-state index in [1.54, 1.807) is 18.3 Å². The van der Waals surface area contributed by atoms with Crippen molar-refractivity contribution in [2.75, 3.05) is 0 Å². The van der Waals surface area contributed by atoms with Crippen LogP contribution >= 0.6 is 11.3 Å². The lowest BCUT2D eigenvalue weighted by Crippen LogP contribution is -2.25. The normalized spacial score (nSPS) is 14.3. The van der Waals surface area contributed by atoms with Crippen LogP contribution in [0, 0.1) is 5.82 Å². The highest BCUT2D eigenvalue weighted by molar-refractivity contribution is 7.18. The van der Waals surface area contributed by atoms with E-state index in [0.717, 1.165) is 21.4 Å². The van der Waals surface area contributed by atoms with Crippen molar-refractivity contribution in [3.8, 4) is 0 Å². The predicted octanol–water partition coefficient (Wildman–Crippen LogP) is 3.28. The first kappa shape index (κ1) is 13.1. The zero-order chi connectivity index (χ0) is 14.2. The number of aromatic nitrogens is 2. The fraction of sp³-hybridized carbons (Fsp3) is 0.200. The highest BCUT2D eigenvalue weighted by Crippen LogP contribution is 2.28. The minimum Gasteiger partial charge on any atom is -0.383 e. The van der Waals surface area contributed by atoms with Gasteiger partial charge in [-0.05, 0) is 31.2 Å². The van der Waals surface area contributed by atoms with E-state index in [-0.39, 0.29) is 0 Å². The van der Waals surface area contributed by atoms with E-state index in [2.05, 4.69) is 9.97 Å². The maximum Gasteiger partial charge on any atom is 0.141 e. The molecule has 3 nitrogen and oxygen atoms in total. The smallest absolute Gasteiger partial charge is 0.141 e. The van der Waals surface area contributed by atoms with Crippen molar-refractivity contribution in [2.24, 2.45) is 0 Å². The number of pyridine rings is 1. The lowest BCUT2D eigenvalue weighted by Gasteiger charge is -2.21. The minimum atomic E-state index is -1.17. The number of fused-ring (bicyclic) bond motifs is 1. The summed E-state index contributed by atoms with van der Waals surface area (Å²) in [6.45, 7) is 1.67. The molecule has 0 aliphatic rings. The molecule has 0 saturated carbocycles. The lowest BCUT2D eigenvalue weighted by atomic mass is 9.98. The van der Waals surface area contributed by atoms with Crippen molar-refractivity contribution in [3.05, 3.63) is 59.1 Å². The molecule has 1 unspecified atom stereocenters. The Hall–Kier alpha value is -1.85. The van der Waals surface area contributed by atoms with Crippen LogP contribution in [-0.2, 0) is 12.0 Å². The second-order valence-electron chi connectivity index (χ2n) is 4.89. The van der Waals surface area contributed by atoms with Crippen molar-refractivity contribution in [3.63, 3.8) is 0 Å². The summed E-state index contributed by atoms with van der Waals surface area (Å²) in [6, 6.07) is 10.6. The van der Waals surface area contributed by atoms with Crippen LogP contribution in [0.2, 0.25) is 0 Å². The van der Waals surface area contributed by atoms with Gasteiger partial charge in [-0.25, -0.2) is 9.37 Å². The van der Waals surface area contributed by atoms with Gasteiger partial charge in [-0.2, -0.15) is 0 Å². The van der Waals surface area contributed by atoms with E-state index in [0.29, 0.717) is 12.1 Å². The Bertz CT molecular complexity index is 704. The molecule has 5 heteroatoms. The second kappa shape index (κ2) is 4.92. The summed E-state index contributed by atoms with van der Waals surface area (Å²) in [4.78, 5) is 8.45. The topological polar surface area (TPSA) is 46.0 Å². The molecule has 3 aromatic rings. The van der Waals surface area contributed by atoms with Crippen molar-refractivity contribution in [1.29, 1.82) is 0 Å². The molecule has 0 aliphatic carbocycles. The molecule has 102 valence electrons. The number of thiazole rings is 1. The first-order valence-corrected chi connectivity index (χ1v) is 7.05. The summed E-state index contributed by atoms with van der Waals surface area (Å²) >= 11 is 1.55. The molecule has 0 bridgehead atoms. The van der Waals surface area contributed by atoms with Crippen LogP contribution in [0.3, 0.4) is 0 Å². The third kappa shape index (κ3) is 2.55. The Labute approximate surface area is 119 Å². The fourth-order valence-electron chi connectivity index (χ4n) is 2.07. The van der Waals surface area contributed by atoms with Gasteiger partial charge < -0.3 is 5.11 Å². The number of hydrogen-bond donors (Lipinski definition) is 1. The molecule has 0 fully saturated rings. The molecule has 1 atom stereocenters. The van der Waals surface area contributed by atoms with Gasteiger partial charge >= 0.3 is 0 Å². The Morgan fingerprint density at radius 2 is 2.05 bits per heavy atom. The standard InChI is InChI=1S/C15H13FN2OS/c1-15(19,13-7-6-10(16)9-17-13)8-14-18-11-4-2-3-5-12(11)20-14/h2-7,9,19H,8H2,1H3. The Morgan fingerprint density at radius 3 is 2.75 bits per heavy atom. The highest BCUT2D eigenvalue weighted by Gasteiger charge is 2.26. The monoisotopic (exact) mass is 288 g/mol. The summed E-state index contributed by atoms with van der Waals surface area (Å²) in [6.07, 6.45) is 1.47. The van der Waals surface area contributed by atoms with Crippen LogP contribution in [0.25, 0.3) is 10.2 Å². The van der Waals surface area contributed by atoms with Gasteiger partial charge in [-0.1, -0.05) is 12.1 Å². The minimum absolute atomic E-state index is 0.352. The Morgan fingerprint density at radius 1 is 1.25 bits per heavy atom. The number of rotatable bonds is 3. The fourth-order valence-corrected chi connectivity index (χ4v) is 3.19. The van der Waals surface area contributed by atoms with Gasteiger partial charge in [0.05, 0.1) is 27.1 Å². The number of para-hydroxylation sites is 1. The SMILES string of the molecule is CC(O)(Cc1nc2ccccc2s1)c1ccc(F)cn1. The maximum atomic E-state index is 12.9. The summed E-state index contributed by atoms with van der Waals surface area (Å²) in [5, 5.41) is 11.4. The van der Waals surface area contributed by atoms with Crippen LogP contribution in [0.1, 0.15) is 17.6 Å². The molecule has 1 N–H and O–H groups in total. The molecular formula is C15H13FN2OS. The number of halogens is 1. The molecule has 2 heterocycles. The molecule has 0 spiro atoms. The molecule has 20 heavy (non-hydrogen) atoms. The van der Waals surface area contributed by atoms with E-state index in [1.807, 2.05) is 24.3 Å². The van der Waals surface area contributed by atoms with Gasteiger partial charge in [0.2, 0.25) is 0 Å². The average Bonchev–Trinajstić information content (AvgIpc) is 2.80. The molecule has 3 rings (SSSR count). The average molecular weight is 288 g/mol. The number of benzene rings is 1. The number of hydrogen-bond acceptors (Lipinski definition) is 4. The summed E-state index contributed by atoms with van der Waals surface area (Å²) in [7, 11) is 0. The van der Waals surface area contributed by atoms with Crippen LogP contribution in [0.4, 0.5) is 4.39 Å². The maximum absolute atomic E-state index is 12.9. The highest BCUT2D eigenvalue weighted by atomic mass is 32.1. The Balaban J connectivity index is 1.90. The zero-order valence-corrected chi connectivity index (χ0v) is 11.7. The molecule has 2 aromatic heterocycles. The Kier molecular flexibility index (Phi) is 3.23. The molecule has 0 aliphatic heterocycles. The van der Waals surface area contributed by atoms with Crippen molar-refractivity contribution in [1.82, 2.24) is 9.97 Å². The number of aliphatic hydroxyl groups is 1. The quantitative estimate of drug-likeness (QED) is 0.804. The lowest BCUT2D eigenvalue weighted by molar-refractivity contribution is 0.0529. The zero-order valence-electron chi connectivity index (χ0n) is 10.9. The van der Waals surface area contributed by atoms with Crippen LogP contribution < -0.4 is 0 Å². The van der Waals surface area contributed by atoms with E-state index >= 15 is 0 Å². The summed E-state index contributed by atoms with van der Waals surface area (Å²) in [5.74, 6) is -0.412. The summed E-state index contributed by atoms with van der Waals surface area (Å²) in [5.41, 5.74) is 0.204. The van der Waals surface area contributed by atoms with Crippen molar-refractivity contribution >= 4 is 21.6 Å². The van der Waals surface area contributed by atoms with Gasteiger partial charge in [0.15, 0.2) is 0 Å². The third-order valence-electron chi connectivity index (χ3n) is 3.11. The van der Waals surface area contributed by atoms with Gasteiger partial charge in [0, 0.05) is 6.42 Å². The van der Waals surface area contributed by atoms with Crippen molar-refractivity contribution in [2.45, 2.75) is 18.9 Å². The van der Waals surface area contributed by atoms with Gasteiger partial charge in [-0.15, -0.1) is 11.3 Å². The van der Waals surface area contributed by atoms with Crippen LogP contribution in [0.5, 0.6) is 0 Å². The van der Waals surface area contributed by atoms with E-state index in [9.17, 15) is 9.50 Å². The molecule has 0 amide bonds. The van der Waals surface area contributed by atoms with Gasteiger partial charge in [0.1, 0.15) is 11.4 Å². The molecule has 0 radical (unpaired) electrons. The number of nitrogens with zero attached hydrogens (tertiary/aromatic N) is 2. The molecule has 1 aromatic carbocycles. The van der Waals surface area contributed by atoms with Crippen LogP contribution in [-0.4, -0.2) is 15.1 Å². The van der Waals surface area contributed by atoms with Gasteiger partial charge in [-0.3, -0.25) is 4.98 Å². The van der Waals surface area contributed by atoms with Crippen LogP contribution in [0.15, 0.2) is 42.6 Å². The molecular weight excluding hydrogens is 275 g/mol. The first-order chi connectivity index (χ1) is 9.54. The van der Waals surface area contributed by atoms with E-state index in [1.165, 1.54) is 12.1 Å².